The fraction of sp³-hybridized carbons (Fsp3) is 0.643. The van der Waals surface area contributed by atoms with Gasteiger partial charge in [0.25, 0.3) is 5.91 Å². The minimum Gasteiger partial charge on any atom is -0.507 e. The first-order valence-electron chi connectivity index (χ1n) is 13.3. The second-order valence-electron chi connectivity index (χ2n) is 11.7. The number of hydrogen-bond donors (Lipinski definition) is 1. The van der Waals surface area contributed by atoms with Crippen molar-refractivity contribution in [2.45, 2.75) is 76.5 Å². The summed E-state index contributed by atoms with van der Waals surface area (Å²) in [6.07, 6.45) is 9.92. The number of ether oxygens (including phenoxy) is 2. The third kappa shape index (κ3) is 4.11. The lowest BCUT2D eigenvalue weighted by atomic mass is 9.68. The van der Waals surface area contributed by atoms with Gasteiger partial charge in [-0.1, -0.05) is 18.1 Å². The molecular weight excluding hydrogens is 444 g/mol. The molecule has 1 amide bonds. The van der Waals surface area contributed by atoms with Gasteiger partial charge in [-0.3, -0.25) is 14.5 Å². The van der Waals surface area contributed by atoms with Crippen molar-refractivity contribution in [2.24, 2.45) is 11.8 Å². The van der Waals surface area contributed by atoms with Crippen LogP contribution in [0.15, 0.2) is 23.8 Å². The van der Waals surface area contributed by atoms with E-state index in [1.165, 1.54) is 43.9 Å². The van der Waals surface area contributed by atoms with E-state index in [0.717, 1.165) is 25.9 Å². The molecule has 5 aliphatic rings. The van der Waals surface area contributed by atoms with Crippen LogP contribution in [0.4, 0.5) is 0 Å². The van der Waals surface area contributed by atoms with Gasteiger partial charge in [0.05, 0.1) is 12.5 Å². The van der Waals surface area contributed by atoms with Crippen molar-refractivity contribution >= 4 is 11.7 Å². The average molecular weight is 481 g/mol. The lowest BCUT2D eigenvalue weighted by molar-refractivity contribution is -0.138. The molecule has 1 N–H and O–H groups in total. The van der Waals surface area contributed by atoms with Crippen LogP contribution in [-0.4, -0.2) is 70.5 Å². The van der Waals surface area contributed by atoms with Crippen molar-refractivity contribution < 1.29 is 24.2 Å². The van der Waals surface area contributed by atoms with E-state index in [1.54, 1.807) is 6.07 Å². The Bertz CT molecular complexity index is 1080. The molecule has 4 heterocycles. The Kier molecular flexibility index (Phi) is 5.59. The van der Waals surface area contributed by atoms with Crippen molar-refractivity contribution in [3.05, 3.63) is 29.3 Å². The van der Waals surface area contributed by atoms with Crippen molar-refractivity contribution in [3.63, 3.8) is 0 Å². The first kappa shape index (κ1) is 22.9. The van der Waals surface area contributed by atoms with Crippen LogP contribution in [0.1, 0.15) is 69.2 Å². The Balaban J connectivity index is 1.18. The quantitative estimate of drug-likeness (QED) is 0.661. The van der Waals surface area contributed by atoms with Gasteiger partial charge in [0.1, 0.15) is 28.4 Å². The van der Waals surface area contributed by atoms with E-state index in [9.17, 15) is 14.7 Å². The standard InChI is InChI=1S/C28H36N2O5/c1-28(2)14-23(32)26-22(31)12-20(13-24(26)35-28)34-16-25(33)30-9-5-6-17-10-18-11-19(27(17)30)15-29-8-4-3-7-21(18)29/h10,12-13,18-19,21,27,31H,3-9,11,14-16H2,1-2H3/t18-,19+,21-,27-/m1/s1. The van der Waals surface area contributed by atoms with E-state index in [2.05, 4.69) is 11.0 Å². The Labute approximate surface area is 207 Å². The van der Waals surface area contributed by atoms with E-state index in [4.69, 9.17) is 9.47 Å². The Hall–Kier alpha value is -2.54. The predicted octanol–water partition coefficient (Wildman–Crippen LogP) is 3.94. The number of benzene rings is 1. The number of nitrogens with zero attached hydrogens (tertiary/aromatic N) is 2. The number of fused-ring (bicyclic) bond motifs is 7. The Morgan fingerprint density at radius 2 is 2.09 bits per heavy atom. The molecular formula is C28H36N2O5. The molecule has 7 heteroatoms. The lowest BCUT2D eigenvalue weighted by Gasteiger charge is -2.54. The monoisotopic (exact) mass is 480 g/mol. The van der Waals surface area contributed by atoms with Crippen molar-refractivity contribution in [2.75, 3.05) is 26.2 Å². The van der Waals surface area contributed by atoms with Crippen molar-refractivity contribution in [3.8, 4) is 17.2 Å². The summed E-state index contributed by atoms with van der Waals surface area (Å²) in [6, 6.07) is 3.90. The zero-order chi connectivity index (χ0) is 24.3. The third-order valence-electron chi connectivity index (χ3n) is 8.65. The number of rotatable bonds is 3. The maximum atomic E-state index is 13.4. The minimum atomic E-state index is -0.645. The highest BCUT2D eigenvalue weighted by atomic mass is 16.5. The molecule has 2 bridgehead atoms. The van der Waals surface area contributed by atoms with Crippen LogP contribution in [-0.2, 0) is 4.79 Å². The highest BCUT2D eigenvalue weighted by Gasteiger charge is 2.47. The van der Waals surface area contributed by atoms with Crippen LogP contribution in [0.25, 0.3) is 0 Å². The number of carbonyl (C=O) groups is 2. The molecule has 7 nitrogen and oxygen atoms in total. The summed E-state index contributed by atoms with van der Waals surface area (Å²) < 4.78 is 11.8. The fourth-order valence-corrected chi connectivity index (χ4v) is 7.31. The molecule has 3 fully saturated rings. The number of phenols is 1. The first-order valence-corrected chi connectivity index (χ1v) is 13.3. The average Bonchev–Trinajstić information content (AvgIpc) is 2.81. The Morgan fingerprint density at radius 3 is 2.94 bits per heavy atom. The number of aromatic hydroxyl groups is 1. The molecule has 0 spiro atoms. The molecule has 1 aliphatic carbocycles. The zero-order valence-corrected chi connectivity index (χ0v) is 20.8. The SMILES string of the molecule is CC1(C)CC(=O)c2c(O)cc(OCC(=O)N3CCCC4=C[C@@H]5C[C@@H](CN6CCCC[C@H]56)[C@@H]43)cc2O1. The highest BCUT2D eigenvalue weighted by Crippen LogP contribution is 2.45. The lowest BCUT2D eigenvalue weighted by Crippen LogP contribution is -2.60. The molecule has 4 atom stereocenters. The largest absolute Gasteiger partial charge is 0.507 e. The molecule has 0 unspecified atom stereocenters. The molecule has 0 radical (unpaired) electrons. The van der Waals surface area contributed by atoms with Gasteiger partial charge in [-0.2, -0.15) is 0 Å². The van der Waals surface area contributed by atoms with Crippen LogP contribution in [0.2, 0.25) is 0 Å². The van der Waals surface area contributed by atoms with Gasteiger partial charge in [-0.05, 0) is 64.3 Å². The number of ketones is 1. The molecule has 188 valence electrons. The van der Waals surface area contributed by atoms with Gasteiger partial charge >= 0.3 is 0 Å². The third-order valence-corrected chi connectivity index (χ3v) is 8.65. The zero-order valence-electron chi connectivity index (χ0n) is 20.8. The first-order chi connectivity index (χ1) is 16.8. The summed E-state index contributed by atoms with van der Waals surface area (Å²) in [4.78, 5) is 30.6. The normalized spacial score (nSPS) is 31.4. The number of hydrogen-bond acceptors (Lipinski definition) is 6. The summed E-state index contributed by atoms with van der Waals surface area (Å²) in [5, 5.41) is 10.5. The Morgan fingerprint density at radius 1 is 1.23 bits per heavy atom. The van der Waals surface area contributed by atoms with Gasteiger partial charge < -0.3 is 19.5 Å². The fourth-order valence-electron chi connectivity index (χ4n) is 7.31. The molecule has 0 saturated carbocycles. The maximum Gasteiger partial charge on any atom is 0.261 e. The molecule has 3 saturated heterocycles. The molecule has 1 aromatic carbocycles. The van der Waals surface area contributed by atoms with Crippen LogP contribution >= 0.6 is 0 Å². The van der Waals surface area contributed by atoms with Crippen LogP contribution in [0, 0.1) is 11.8 Å². The predicted molar refractivity (Wildman–Crippen MR) is 131 cm³/mol. The van der Waals surface area contributed by atoms with Gasteiger partial charge in [0, 0.05) is 31.3 Å². The van der Waals surface area contributed by atoms with Crippen LogP contribution in [0.5, 0.6) is 17.2 Å². The number of amides is 1. The summed E-state index contributed by atoms with van der Waals surface area (Å²) in [6.45, 7) is 6.63. The number of phenolic OH excluding ortho intramolecular Hbond substituents is 1. The maximum absolute atomic E-state index is 13.4. The van der Waals surface area contributed by atoms with Gasteiger partial charge in [-0.25, -0.2) is 0 Å². The van der Waals surface area contributed by atoms with Crippen LogP contribution in [0.3, 0.4) is 0 Å². The summed E-state index contributed by atoms with van der Waals surface area (Å²) in [5.74, 6) is 1.45. The van der Waals surface area contributed by atoms with E-state index < -0.39 is 5.60 Å². The summed E-state index contributed by atoms with van der Waals surface area (Å²) in [7, 11) is 0. The summed E-state index contributed by atoms with van der Waals surface area (Å²) >= 11 is 0. The van der Waals surface area contributed by atoms with E-state index in [1.807, 2.05) is 18.7 Å². The van der Waals surface area contributed by atoms with Gasteiger partial charge in [0.2, 0.25) is 0 Å². The number of likely N-dealkylation sites (tertiary alicyclic amines) is 1. The number of carbonyl (C=O) groups excluding carboxylic acids is 2. The molecule has 1 aromatic rings. The second-order valence-corrected chi connectivity index (χ2v) is 11.7. The minimum absolute atomic E-state index is 0.0191. The number of piperidine rings is 3. The van der Waals surface area contributed by atoms with E-state index in [0.29, 0.717) is 29.4 Å². The van der Waals surface area contributed by atoms with Crippen molar-refractivity contribution in [1.29, 1.82) is 0 Å². The topological polar surface area (TPSA) is 79.3 Å². The molecule has 35 heavy (non-hydrogen) atoms. The molecule has 4 aliphatic heterocycles. The van der Waals surface area contributed by atoms with Gasteiger partial charge in [-0.15, -0.1) is 0 Å². The second kappa shape index (κ2) is 8.54. The smallest absolute Gasteiger partial charge is 0.261 e. The van der Waals surface area contributed by atoms with Gasteiger partial charge in [0.15, 0.2) is 12.4 Å². The molecule has 0 aromatic heterocycles. The molecule has 6 rings (SSSR count). The highest BCUT2D eigenvalue weighted by molar-refractivity contribution is 6.03. The van der Waals surface area contributed by atoms with Crippen LogP contribution < -0.4 is 9.47 Å². The summed E-state index contributed by atoms with van der Waals surface area (Å²) in [5.41, 5.74) is 1.00. The van der Waals surface area contributed by atoms with E-state index >= 15 is 0 Å². The van der Waals surface area contributed by atoms with E-state index in [-0.39, 0.29) is 42.1 Å². The number of Topliss-reactive ketones (excluding diaryl/α,β-unsaturated/α-hetero) is 1. The van der Waals surface area contributed by atoms with Crippen molar-refractivity contribution in [1.82, 2.24) is 9.80 Å².